The summed E-state index contributed by atoms with van der Waals surface area (Å²) in [7, 11) is 0. The Balaban J connectivity index is 1.70. The van der Waals surface area contributed by atoms with Crippen LogP contribution in [-0.4, -0.2) is 18.7 Å². The molecule has 1 N–H and O–H groups in total. The molecule has 1 aliphatic heterocycles. The maximum absolute atomic E-state index is 13.8. The standard InChI is InChI=1S/C16H21F2NO/c1-11-3-2-6-16(8-11)10-20-15(9-19-16)13-7-12(17)4-5-14(13)18/h4-5,7,11,15,19H,2-3,6,8-10H2,1H3. The summed E-state index contributed by atoms with van der Waals surface area (Å²) in [5.41, 5.74) is 0.356. The van der Waals surface area contributed by atoms with E-state index >= 15 is 0 Å². The Morgan fingerprint density at radius 2 is 2.20 bits per heavy atom. The number of hydrogen-bond acceptors (Lipinski definition) is 2. The Kier molecular flexibility index (Phi) is 3.78. The summed E-state index contributed by atoms with van der Waals surface area (Å²) >= 11 is 0. The third-order valence-electron chi connectivity index (χ3n) is 4.62. The second-order valence-electron chi connectivity index (χ2n) is 6.33. The number of benzene rings is 1. The lowest BCUT2D eigenvalue weighted by molar-refractivity contribution is -0.0540. The first-order valence-electron chi connectivity index (χ1n) is 7.40. The molecular weight excluding hydrogens is 260 g/mol. The number of nitrogens with one attached hydrogen (secondary N) is 1. The minimum absolute atomic E-state index is 0.0397. The van der Waals surface area contributed by atoms with Gasteiger partial charge >= 0.3 is 0 Å². The molecule has 3 rings (SSSR count). The zero-order chi connectivity index (χ0) is 14.2. The van der Waals surface area contributed by atoms with Crippen molar-refractivity contribution >= 4 is 0 Å². The molecule has 0 bridgehead atoms. The Morgan fingerprint density at radius 1 is 1.35 bits per heavy atom. The zero-order valence-electron chi connectivity index (χ0n) is 11.8. The monoisotopic (exact) mass is 281 g/mol. The molecule has 3 unspecified atom stereocenters. The van der Waals surface area contributed by atoms with Gasteiger partial charge in [-0.1, -0.05) is 19.8 Å². The minimum atomic E-state index is -0.420. The van der Waals surface area contributed by atoms with E-state index in [0.29, 0.717) is 24.6 Å². The highest BCUT2D eigenvalue weighted by Crippen LogP contribution is 2.36. The van der Waals surface area contributed by atoms with E-state index in [1.807, 2.05) is 0 Å². The average Bonchev–Trinajstić information content (AvgIpc) is 2.43. The molecule has 2 aliphatic rings. The highest BCUT2D eigenvalue weighted by Gasteiger charge is 2.39. The van der Waals surface area contributed by atoms with Crippen LogP contribution in [0.3, 0.4) is 0 Å². The Hall–Kier alpha value is -1.00. The number of morpholine rings is 1. The summed E-state index contributed by atoms with van der Waals surface area (Å²) in [4.78, 5) is 0. The van der Waals surface area contributed by atoms with Gasteiger partial charge in [-0.25, -0.2) is 8.78 Å². The first-order chi connectivity index (χ1) is 9.58. The average molecular weight is 281 g/mol. The van der Waals surface area contributed by atoms with Gasteiger partial charge in [0.05, 0.1) is 12.7 Å². The first kappa shape index (κ1) is 14.0. The largest absolute Gasteiger partial charge is 0.370 e. The van der Waals surface area contributed by atoms with E-state index in [2.05, 4.69) is 12.2 Å². The number of rotatable bonds is 1. The van der Waals surface area contributed by atoms with E-state index < -0.39 is 17.7 Å². The van der Waals surface area contributed by atoms with Gasteiger partial charge < -0.3 is 10.1 Å². The number of hydrogen-bond donors (Lipinski definition) is 1. The molecule has 1 aromatic carbocycles. The van der Waals surface area contributed by atoms with Crippen LogP contribution in [0.15, 0.2) is 18.2 Å². The molecule has 0 radical (unpaired) electrons. The predicted molar refractivity (Wildman–Crippen MR) is 73.4 cm³/mol. The molecule has 1 spiro atoms. The fraction of sp³-hybridized carbons (Fsp3) is 0.625. The van der Waals surface area contributed by atoms with Crippen molar-refractivity contribution < 1.29 is 13.5 Å². The highest BCUT2D eigenvalue weighted by molar-refractivity contribution is 5.22. The lowest BCUT2D eigenvalue weighted by Gasteiger charge is -2.45. The van der Waals surface area contributed by atoms with Gasteiger partial charge in [-0.3, -0.25) is 0 Å². The third-order valence-corrected chi connectivity index (χ3v) is 4.62. The van der Waals surface area contributed by atoms with Gasteiger partial charge in [0.1, 0.15) is 11.6 Å². The molecule has 1 aliphatic carbocycles. The summed E-state index contributed by atoms with van der Waals surface area (Å²) in [6, 6.07) is 3.55. The summed E-state index contributed by atoms with van der Waals surface area (Å²) < 4.78 is 32.9. The molecule has 1 heterocycles. The zero-order valence-corrected chi connectivity index (χ0v) is 11.8. The Bertz CT molecular complexity index is 483. The molecule has 1 aromatic rings. The third kappa shape index (κ3) is 2.72. The fourth-order valence-corrected chi connectivity index (χ4v) is 3.59. The predicted octanol–water partition coefficient (Wildman–Crippen LogP) is 3.57. The molecule has 4 heteroatoms. The van der Waals surface area contributed by atoms with Gasteiger partial charge in [-0.05, 0) is 37.0 Å². The molecule has 2 fully saturated rings. The lowest BCUT2D eigenvalue weighted by Crippen LogP contribution is -2.57. The molecule has 0 aromatic heterocycles. The van der Waals surface area contributed by atoms with Crippen molar-refractivity contribution in [3.8, 4) is 0 Å². The van der Waals surface area contributed by atoms with Crippen LogP contribution in [0, 0.1) is 17.6 Å². The van der Waals surface area contributed by atoms with E-state index in [1.165, 1.54) is 25.0 Å². The van der Waals surface area contributed by atoms with Crippen molar-refractivity contribution in [1.82, 2.24) is 5.32 Å². The van der Waals surface area contributed by atoms with Gasteiger partial charge in [0.2, 0.25) is 0 Å². The van der Waals surface area contributed by atoms with Gasteiger partial charge in [0, 0.05) is 17.6 Å². The van der Waals surface area contributed by atoms with E-state index in [4.69, 9.17) is 4.74 Å². The molecule has 3 atom stereocenters. The van der Waals surface area contributed by atoms with Crippen molar-refractivity contribution in [3.05, 3.63) is 35.4 Å². The number of ether oxygens (including phenoxy) is 1. The van der Waals surface area contributed by atoms with Crippen LogP contribution < -0.4 is 5.32 Å². The Morgan fingerprint density at radius 3 is 2.90 bits per heavy atom. The second kappa shape index (κ2) is 5.41. The topological polar surface area (TPSA) is 21.3 Å². The van der Waals surface area contributed by atoms with Crippen LogP contribution in [-0.2, 0) is 4.74 Å². The van der Waals surface area contributed by atoms with Crippen LogP contribution in [0.4, 0.5) is 8.78 Å². The second-order valence-corrected chi connectivity index (χ2v) is 6.33. The Labute approximate surface area is 118 Å². The van der Waals surface area contributed by atoms with Crippen molar-refractivity contribution in [2.75, 3.05) is 13.2 Å². The quantitative estimate of drug-likeness (QED) is 0.849. The van der Waals surface area contributed by atoms with Gasteiger partial charge in [-0.2, -0.15) is 0 Å². The molecule has 0 amide bonds. The van der Waals surface area contributed by atoms with Gasteiger partial charge in [-0.15, -0.1) is 0 Å². The van der Waals surface area contributed by atoms with Crippen LogP contribution in [0.2, 0.25) is 0 Å². The minimum Gasteiger partial charge on any atom is -0.370 e. The fourth-order valence-electron chi connectivity index (χ4n) is 3.59. The molecule has 110 valence electrons. The van der Waals surface area contributed by atoms with Crippen LogP contribution in [0.25, 0.3) is 0 Å². The van der Waals surface area contributed by atoms with E-state index in [9.17, 15) is 8.78 Å². The summed E-state index contributed by atoms with van der Waals surface area (Å²) in [6.45, 7) is 3.39. The van der Waals surface area contributed by atoms with Crippen molar-refractivity contribution in [2.45, 2.75) is 44.2 Å². The molecule has 20 heavy (non-hydrogen) atoms. The smallest absolute Gasteiger partial charge is 0.129 e. The first-order valence-corrected chi connectivity index (χ1v) is 7.40. The van der Waals surface area contributed by atoms with E-state index in [-0.39, 0.29) is 5.54 Å². The normalized spacial score (nSPS) is 34.4. The van der Waals surface area contributed by atoms with Gasteiger partial charge in [0.15, 0.2) is 0 Å². The highest BCUT2D eigenvalue weighted by atomic mass is 19.1. The van der Waals surface area contributed by atoms with Crippen LogP contribution >= 0.6 is 0 Å². The van der Waals surface area contributed by atoms with Gasteiger partial charge in [0.25, 0.3) is 0 Å². The van der Waals surface area contributed by atoms with Crippen molar-refractivity contribution in [1.29, 1.82) is 0 Å². The summed E-state index contributed by atoms with van der Waals surface area (Å²) in [5.74, 6) is -0.120. The molecule has 1 saturated carbocycles. The molecular formula is C16H21F2NO. The van der Waals surface area contributed by atoms with Crippen LogP contribution in [0.5, 0.6) is 0 Å². The maximum Gasteiger partial charge on any atom is 0.129 e. The summed E-state index contributed by atoms with van der Waals surface area (Å²) in [5, 5.41) is 3.55. The molecule has 1 saturated heterocycles. The van der Waals surface area contributed by atoms with Crippen molar-refractivity contribution in [2.24, 2.45) is 5.92 Å². The van der Waals surface area contributed by atoms with Crippen LogP contribution in [0.1, 0.15) is 44.3 Å². The van der Waals surface area contributed by atoms with E-state index in [1.54, 1.807) is 0 Å². The lowest BCUT2D eigenvalue weighted by atomic mass is 9.76. The SMILES string of the molecule is CC1CCCC2(COC(c3cc(F)ccc3F)CN2)C1. The number of halogens is 2. The molecule has 2 nitrogen and oxygen atoms in total. The maximum atomic E-state index is 13.8. The van der Waals surface area contributed by atoms with E-state index in [0.717, 1.165) is 18.9 Å². The van der Waals surface area contributed by atoms with Crippen molar-refractivity contribution in [3.63, 3.8) is 0 Å². The summed E-state index contributed by atoms with van der Waals surface area (Å²) in [6.07, 6.45) is 4.29.